The van der Waals surface area contributed by atoms with Crippen LogP contribution in [0.5, 0.6) is 0 Å². The van der Waals surface area contributed by atoms with Gasteiger partial charge in [0.25, 0.3) is 0 Å². The summed E-state index contributed by atoms with van der Waals surface area (Å²) in [4.78, 5) is 56.0. The molecule has 4 aromatic carbocycles. The fourth-order valence-corrected chi connectivity index (χ4v) is 5.48. The molecule has 0 radical (unpaired) electrons. The average Bonchev–Trinajstić information content (AvgIpc) is 3.67. The normalized spacial score (nSPS) is 12.0. The van der Waals surface area contributed by atoms with Gasteiger partial charge in [0, 0.05) is 49.9 Å². The molecule has 5 rings (SSSR count). The van der Waals surface area contributed by atoms with Gasteiger partial charge < -0.3 is 35.2 Å². The Hall–Kier alpha value is -6.11. The molecule has 0 saturated heterocycles. The number of hydrogen-bond acceptors (Lipinski definition) is 8. The van der Waals surface area contributed by atoms with Crippen LogP contribution in [0.2, 0.25) is 0 Å². The summed E-state index contributed by atoms with van der Waals surface area (Å²) in [6.45, 7) is 0.607. The molecular formula is C41H43N5O7. The predicted molar refractivity (Wildman–Crippen MR) is 202 cm³/mol. The Kier molecular flexibility index (Phi) is 14.0. The molecule has 2 unspecified atom stereocenters. The van der Waals surface area contributed by atoms with Gasteiger partial charge in [0.05, 0.1) is 19.0 Å². The van der Waals surface area contributed by atoms with Crippen molar-refractivity contribution in [1.82, 2.24) is 15.6 Å². The lowest BCUT2D eigenvalue weighted by Gasteiger charge is -2.18. The standard InChI is InChI=1S/C41H43N5O7/c1-51-23-21-34(45-37(47)25-28-9-5-3-6-10-28)39(49)43-32-17-13-30(14-18-32)36-27-42-41(53-36)31-15-19-33(20-16-31)44-40(50)35(22-24-52-2)46-38(48)26-29-11-7-4-8-12-29/h3-20,27,34-35H,21-26H2,1-2H3,(H,43,49)(H,44,50)(H,45,47)(H,46,48). The number of nitrogens with zero attached hydrogens (tertiary/aromatic N) is 1. The van der Waals surface area contributed by atoms with Crippen LogP contribution >= 0.6 is 0 Å². The van der Waals surface area contributed by atoms with Crippen molar-refractivity contribution in [2.45, 2.75) is 37.8 Å². The second-order valence-corrected chi connectivity index (χ2v) is 12.3. The molecule has 4 N–H and O–H groups in total. The summed E-state index contributed by atoms with van der Waals surface area (Å²) in [5, 5.41) is 11.4. The number of methoxy groups -OCH3 is 2. The minimum absolute atomic E-state index is 0.164. The Bertz CT molecular complexity index is 1790. The van der Waals surface area contributed by atoms with Crippen LogP contribution in [0.15, 0.2) is 120 Å². The fraction of sp³-hybridized carbons (Fsp3) is 0.244. The zero-order chi connectivity index (χ0) is 37.4. The van der Waals surface area contributed by atoms with E-state index in [1.807, 2.05) is 60.7 Å². The number of nitrogens with one attached hydrogen (secondary N) is 4. The third-order valence-electron chi connectivity index (χ3n) is 8.28. The summed E-state index contributed by atoms with van der Waals surface area (Å²) in [5.74, 6) is -0.311. The number of rotatable bonds is 18. The van der Waals surface area contributed by atoms with E-state index in [9.17, 15) is 19.2 Å². The van der Waals surface area contributed by atoms with E-state index >= 15 is 0 Å². The summed E-state index contributed by atoms with van der Waals surface area (Å²) in [5.41, 5.74) is 4.25. The van der Waals surface area contributed by atoms with Crippen LogP contribution in [0.1, 0.15) is 24.0 Å². The summed E-state index contributed by atoms with van der Waals surface area (Å²) in [7, 11) is 3.09. The summed E-state index contributed by atoms with van der Waals surface area (Å²) in [6.07, 6.45) is 2.57. The van der Waals surface area contributed by atoms with Crippen LogP contribution in [0.4, 0.5) is 11.4 Å². The van der Waals surface area contributed by atoms with Crippen molar-refractivity contribution < 1.29 is 33.1 Å². The largest absolute Gasteiger partial charge is 0.436 e. The fourth-order valence-electron chi connectivity index (χ4n) is 5.48. The third kappa shape index (κ3) is 11.7. The lowest BCUT2D eigenvalue weighted by atomic mass is 10.1. The number of amides is 4. The number of oxazole rings is 1. The van der Waals surface area contributed by atoms with Gasteiger partial charge in [-0.2, -0.15) is 0 Å². The number of ether oxygens (including phenoxy) is 2. The van der Waals surface area contributed by atoms with Gasteiger partial charge >= 0.3 is 0 Å². The zero-order valence-corrected chi connectivity index (χ0v) is 29.7. The number of anilines is 2. The molecule has 5 aromatic rings. The molecule has 0 spiro atoms. The highest BCUT2D eigenvalue weighted by atomic mass is 16.5. The van der Waals surface area contributed by atoms with E-state index in [0.717, 1.165) is 16.7 Å². The Balaban J connectivity index is 1.16. The van der Waals surface area contributed by atoms with Gasteiger partial charge in [0.1, 0.15) is 12.1 Å². The molecule has 0 fully saturated rings. The number of benzene rings is 4. The number of hydrogen-bond donors (Lipinski definition) is 4. The van der Waals surface area contributed by atoms with E-state index in [-0.39, 0.29) is 36.5 Å². The topological polar surface area (TPSA) is 161 Å². The Labute approximate surface area is 308 Å². The highest BCUT2D eigenvalue weighted by molar-refractivity contribution is 5.98. The number of aromatic nitrogens is 1. The van der Waals surface area contributed by atoms with Gasteiger partial charge in [0.15, 0.2) is 5.76 Å². The van der Waals surface area contributed by atoms with Crippen LogP contribution in [0.3, 0.4) is 0 Å². The predicted octanol–water partition coefficient (Wildman–Crippen LogP) is 5.41. The first-order valence-electron chi connectivity index (χ1n) is 17.2. The zero-order valence-electron chi connectivity index (χ0n) is 29.7. The van der Waals surface area contributed by atoms with Crippen molar-refractivity contribution in [2.24, 2.45) is 0 Å². The van der Waals surface area contributed by atoms with Crippen molar-refractivity contribution >= 4 is 35.0 Å². The molecule has 0 aliphatic heterocycles. The monoisotopic (exact) mass is 717 g/mol. The second-order valence-electron chi connectivity index (χ2n) is 12.3. The quantitative estimate of drug-likeness (QED) is 0.0936. The first-order valence-corrected chi connectivity index (χ1v) is 17.2. The van der Waals surface area contributed by atoms with E-state index < -0.39 is 12.1 Å². The Morgan fingerprint density at radius 2 is 1.04 bits per heavy atom. The minimum atomic E-state index is -0.775. The van der Waals surface area contributed by atoms with E-state index in [1.165, 1.54) is 0 Å². The van der Waals surface area contributed by atoms with Crippen LogP contribution in [0, 0.1) is 0 Å². The molecule has 1 heterocycles. The molecule has 2 atom stereocenters. The second kappa shape index (κ2) is 19.5. The maximum absolute atomic E-state index is 13.1. The van der Waals surface area contributed by atoms with Crippen molar-refractivity contribution in [3.63, 3.8) is 0 Å². The van der Waals surface area contributed by atoms with Crippen LogP contribution in [0.25, 0.3) is 22.8 Å². The lowest BCUT2D eigenvalue weighted by Crippen LogP contribution is -2.45. The molecule has 0 saturated carbocycles. The molecule has 274 valence electrons. The Morgan fingerprint density at radius 3 is 1.47 bits per heavy atom. The summed E-state index contributed by atoms with van der Waals surface area (Å²) >= 11 is 0. The molecular weight excluding hydrogens is 674 g/mol. The molecule has 0 bridgehead atoms. The maximum Gasteiger partial charge on any atom is 0.247 e. The van der Waals surface area contributed by atoms with E-state index in [0.29, 0.717) is 54.6 Å². The van der Waals surface area contributed by atoms with Gasteiger partial charge in [0.2, 0.25) is 29.5 Å². The van der Waals surface area contributed by atoms with Crippen molar-refractivity contribution in [1.29, 1.82) is 0 Å². The highest BCUT2D eigenvalue weighted by Crippen LogP contribution is 2.28. The Morgan fingerprint density at radius 1 is 0.604 bits per heavy atom. The van der Waals surface area contributed by atoms with Gasteiger partial charge in [-0.25, -0.2) is 4.98 Å². The van der Waals surface area contributed by atoms with Gasteiger partial charge in [-0.1, -0.05) is 60.7 Å². The summed E-state index contributed by atoms with van der Waals surface area (Å²) < 4.78 is 16.4. The number of carbonyl (C=O) groups is 4. The van der Waals surface area contributed by atoms with Gasteiger partial charge in [-0.15, -0.1) is 0 Å². The van der Waals surface area contributed by atoms with E-state index in [1.54, 1.807) is 68.9 Å². The van der Waals surface area contributed by atoms with E-state index in [4.69, 9.17) is 13.9 Å². The molecule has 12 nitrogen and oxygen atoms in total. The summed E-state index contributed by atoms with van der Waals surface area (Å²) in [6, 6.07) is 31.2. The van der Waals surface area contributed by atoms with Gasteiger partial charge in [-0.3, -0.25) is 19.2 Å². The average molecular weight is 718 g/mol. The van der Waals surface area contributed by atoms with Crippen LogP contribution in [-0.2, 0) is 41.5 Å². The lowest BCUT2D eigenvalue weighted by molar-refractivity contribution is -0.126. The molecule has 0 aliphatic rings. The van der Waals surface area contributed by atoms with Gasteiger partial charge in [-0.05, 0) is 72.5 Å². The molecule has 12 heteroatoms. The smallest absolute Gasteiger partial charge is 0.247 e. The molecule has 1 aromatic heterocycles. The maximum atomic E-state index is 13.1. The van der Waals surface area contributed by atoms with Crippen LogP contribution in [-0.4, -0.2) is 68.1 Å². The van der Waals surface area contributed by atoms with E-state index in [2.05, 4.69) is 26.3 Å². The molecule has 53 heavy (non-hydrogen) atoms. The SMILES string of the molecule is COCCC(NC(=O)Cc1ccccc1)C(=O)Nc1ccc(-c2cnc(-c3ccc(NC(=O)C(CCOC)NC(=O)Cc4ccccc4)cc3)o2)cc1. The van der Waals surface area contributed by atoms with Crippen molar-refractivity contribution in [3.8, 4) is 22.8 Å². The molecule has 4 amide bonds. The van der Waals surface area contributed by atoms with Crippen molar-refractivity contribution in [2.75, 3.05) is 38.1 Å². The first-order chi connectivity index (χ1) is 25.8. The van der Waals surface area contributed by atoms with Crippen LogP contribution < -0.4 is 21.3 Å². The number of carbonyl (C=O) groups excluding carboxylic acids is 4. The first kappa shape index (κ1) is 38.1. The minimum Gasteiger partial charge on any atom is -0.436 e. The highest BCUT2D eigenvalue weighted by Gasteiger charge is 2.22. The molecule has 0 aliphatic carbocycles. The van der Waals surface area contributed by atoms with Crippen molar-refractivity contribution in [3.05, 3.63) is 127 Å². The third-order valence-corrected chi connectivity index (χ3v) is 8.28.